The van der Waals surface area contributed by atoms with Crippen LogP contribution in [0.5, 0.6) is 23.0 Å². The van der Waals surface area contributed by atoms with E-state index >= 15 is 0 Å². The number of hydrogen-bond donors (Lipinski definition) is 0. The summed E-state index contributed by atoms with van der Waals surface area (Å²) in [6.45, 7) is 12.9. The van der Waals surface area contributed by atoms with Gasteiger partial charge in [-0.3, -0.25) is 0 Å². The smallest absolute Gasteiger partial charge is 0.253 e. The molecule has 0 spiro atoms. The average molecular weight is 895 g/mol. The minimum Gasteiger partial charge on any atom is -0.497 e. The summed E-state index contributed by atoms with van der Waals surface area (Å²) in [5.74, 6) is 3.04. The molecule has 0 unspecified atom stereocenters. The van der Waals surface area contributed by atoms with Crippen LogP contribution in [0, 0.1) is 41.5 Å². The zero-order chi connectivity index (χ0) is 44.6. The first kappa shape index (κ1) is 42.3. The molecule has 0 fully saturated rings. The predicted molar refractivity (Wildman–Crippen MR) is 262 cm³/mol. The predicted octanol–water partition coefficient (Wildman–Crippen LogP) is 16.2. The van der Waals surface area contributed by atoms with Gasteiger partial charge in [0.1, 0.15) is 45.3 Å². The monoisotopic (exact) mass is 894 g/mol. The SMILES string of the molecule is COc1cc(C)c2op(-c3c(C)cc4c(c3-c3c5c(cc(C)c3-p3oc6c(C)cc(OC)cc6c6cc(OC)cc(C)c6o3)CCCC5)CCCC4)oc3c(C)cc(OC)cc3c2c1. The maximum atomic E-state index is 7.43. The Morgan fingerprint density at radius 2 is 0.641 bits per heavy atom. The van der Waals surface area contributed by atoms with E-state index in [4.69, 9.17) is 35.7 Å². The van der Waals surface area contributed by atoms with Crippen LogP contribution in [0.15, 0.2) is 77.5 Å². The highest BCUT2D eigenvalue weighted by molar-refractivity contribution is 7.47. The van der Waals surface area contributed by atoms with E-state index in [2.05, 4.69) is 77.9 Å². The summed E-state index contributed by atoms with van der Waals surface area (Å²) in [6.07, 6.45) is 8.52. The quantitative estimate of drug-likeness (QED) is 0.156. The summed E-state index contributed by atoms with van der Waals surface area (Å²) in [5, 5.41) is 5.89. The molecule has 2 aromatic heterocycles. The van der Waals surface area contributed by atoms with Crippen molar-refractivity contribution < 1.29 is 35.7 Å². The van der Waals surface area contributed by atoms with E-state index in [9.17, 15) is 0 Å². The van der Waals surface area contributed by atoms with Gasteiger partial charge in [-0.15, -0.1) is 0 Å². The molecule has 2 aliphatic rings. The molecule has 2 heterocycles. The second-order valence-electron chi connectivity index (χ2n) is 17.7. The van der Waals surface area contributed by atoms with E-state index in [0.29, 0.717) is 0 Å². The summed E-state index contributed by atoms with van der Waals surface area (Å²) in [7, 11) is 3.32. The van der Waals surface area contributed by atoms with Gasteiger partial charge in [0.05, 0.1) is 39.0 Å². The van der Waals surface area contributed by atoms with Gasteiger partial charge < -0.3 is 35.7 Å². The average Bonchev–Trinajstić information content (AvgIpc) is 3.57. The molecule has 10 heteroatoms. The molecule has 0 saturated heterocycles. The molecular formula is C54H56O8P2. The van der Waals surface area contributed by atoms with Gasteiger partial charge in [0.15, 0.2) is 0 Å². The minimum atomic E-state index is -1.76. The molecule has 2 aliphatic carbocycles. The van der Waals surface area contributed by atoms with Crippen LogP contribution in [0.4, 0.5) is 0 Å². The highest BCUT2D eigenvalue weighted by Gasteiger charge is 2.32. The minimum absolute atomic E-state index is 0.760. The molecule has 0 aliphatic heterocycles. The number of fused-ring (bicyclic) bond motifs is 8. The van der Waals surface area contributed by atoms with E-state index in [1.165, 1.54) is 33.4 Å². The van der Waals surface area contributed by atoms with Gasteiger partial charge in [-0.1, -0.05) is 12.1 Å². The molecule has 8 nitrogen and oxygen atoms in total. The fourth-order valence-corrected chi connectivity index (χ4v) is 14.0. The van der Waals surface area contributed by atoms with Gasteiger partial charge in [0.2, 0.25) is 0 Å². The van der Waals surface area contributed by atoms with Crippen LogP contribution in [0.25, 0.3) is 65.6 Å². The zero-order valence-electron chi connectivity index (χ0n) is 38.6. The van der Waals surface area contributed by atoms with E-state index in [-0.39, 0.29) is 0 Å². The molecule has 0 atom stereocenters. The fraction of sp³-hybridized carbons (Fsp3) is 0.333. The Morgan fingerprint density at radius 1 is 0.359 bits per heavy atom. The number of hydrogen-bond acceptors (Lipinski definition) is 8. The maximum absolute atomic E-state index is 7.43. The van der Waals surface area contributed by atoms with Crippen LogP contribution >= 0.6 is 16.0 Å². The first-order valence-electron chi connectivity index (χ1n) is 22.4. The van der Waals surface area contributed by atoms with Gasteiger partial charge in [-0.2, -0.15) is 0 Å². The van der Waals surface area contributed by atoms with Crippen molar-refractivity contribution in [3.05, 3.63) is 116 Å². The van der Waals surface area contributed by atoms with Crippen LogP contribution in [-0.4, -0.2) is 28.4 Å². The fourth-order valence-electron chi connectivity index (χ4n) is 10.4. The van der Waals surface area contributed by atoms with Crippen molar-refractivity contribution in [1.29, 1.82) is 0 Å². The summed E-state index contributed by atoms with van der Waals surface area (Å²) >= 11 is 0. The standard InChI is InChI=1S/C54H56O8P2/c1-29-21-37(55-7)25-43-44-26-38(56-8)22-30(2)50(44)60-63(59-49(29)43)53-33(5)19-35-15-11-13-17-41(35)47(53)48-42-18-14-12-16-36(42)20-34(6)54(48)64-61-51-31(3)23-39(57-9)27-45(51)46-28-40(58-10)24-32(4)52(46)62-64/h19-28H,11-18H2,1-10H3. The lowest BCUT2D eigenvalue weighted by atomic mass is 9.79. The third kappa shape index (κ3) is 7.05. The van der Waals surface area contributed by atoms with E-state index in [0.717, 1.165) is 162 Å². The summed E-state index contributed by atoms with van der Waals surface area (Å²) in [4.78, 5) is 0. The van der Waals surface area contributed by atoms with Gasteiger partial charge in [0, 0.05) is 32.7 Å². The second kappa shape index (κ2) is 16.7. The molecule has 330 valence electrons. The maximum Gasteiger partial charge on any atom is 0.253 e. The van der Waals surface area contributed by atoms with E-state index in [1.807, 2.05) is 24.3 Å². The van der Waals surface area contributed by atoms with E-state index in [1.54, 1.807) is 28.4 Å². The van der Waals surface area contributed by atoms with Crippen molar-refractivity contribution in [3.63, 3.8) is 0 Å². The highest BCUT2D eigenvalue weighted by Crippen LogP contribution is 2.59. The number of methoxy groups -OCH3 is 4. The molecule has 0 N–H and O–H groups in total. The molecule has 6 aromatic carbocycles. The number of rotatable bonds is 7. The Bertz CT molecular complexity index is 2940. The molecule has 64 heavy (non-hydrogen) atoms. The molecule has 0 amide bonds. The van der Waals surface area contributed by atoms with Gasteiger partial charge >= 0.3 is 0 Å². The Hall–Kier alpha value is -5.68. The van der Waals surface area contributed by atoms with Crippen molar-refractivity contribution in [2.24, 2.45) is 0 Å². The molecule has 0 saturated carbocycles. The number of aryl methyl sites for hydroxylation is 8. The molecule has 0 bridgehead atoms. The van der Waals surface area contributed by atoms with Crippen LogP contribution < -0.4 is 18.9 Å². The van der Waals surface area contributed by atoms with Crippen molar-refractivity contribution >= 4 is 59.9 Å². The third-order valence-electron chi connectivity index (χ3n) is 13.5. The topological polar surface area (TPSA) is 89.5 Å². The first-order chi connectivity index (χ1) is 31.0. The van der Waals surface area contributed by atoms with Crippen LogP contribution in [0.1, 0.15) is 81.3 Å². The van der Waals surface area contributed by atoms with Crippen molar-refractivity contribution in [3.8, 4) is 44.7 Å². The van der Waals surface area contributed by atoms with Crippen LogP contribution in [-0.2, 0) is 25.7 Å². The highest BCUT2D eigenvalue weighted by atomic mass is 31.1. The second-order valence-corrected chi connectivity index (χ2v) is 20.3. The van der Waals surface area contributed by atoms with Crippen molar-refractivity contribution in [2.45, 2.75) is 92.9 Å². The van der Waals surface area contributed by atoms with Gasteiger partial charge in [-0.05, 0) is 197 Å². The summed E-state index contributed by atoms with van der Waals surface area (Å²) < 4.78 is 53.1. The first-order valence-corrected chi connectivity index (χ1v) is 24.7. The molecule has 10 rings (SSSR count). The number of ether oxygens (including phenoxy) is 4. The number of benzene rings is 6. The van der Waals surface area contributed by atoms with Crippen molar-refractivity contribution in [2.75, 3.05) is 28.4 Å². The molecular weight excluding hydrogens is 839 g/mol. The van der Waals surface area contributed by atoms with E-state index < -0.39 is 16.0 Å². The normalized spacial score (nSPS) is 13.6. The lowest BCUT2D eigenvalue weighted by molar-refractivity contribution is 0.414. The van der Waals surface area contributed by atoms with Crippen LogP contribution in [0.3, 0.4) is 0 Å². The molecule has 0 radical (unpaired) electrons. The molecule has 8 aromatic rings. The summed E-state index contributed by atoms with van der Waals surface area (Å²) in [6, 6.07) is 21.3. The van der Waals surface area contributed by atoms with Crippen LogP contribution in [0.2, 0.25) is 0 Å². The summed E-state index contributed by atoms with van der Waals surface area (Å²) in [5.41, 5.74) is 17.4. The van der Waals surface area contributed by atoms with Gasteiger partial charge in [0.25, 0.3) is 16.0 Å². The van der Waals surface area contributed by atoms with Gasteiger partial charge in [-0.25, -0.2) is 0 Å². The lowest BCUT2D eigenvalue weighted by Crippen LogP contribution is -2.11. The van der Waals surface area contributed by atoms with Crippen molar-refractivity contribution in [1.82, 2.24) is 0 Å². The Kier molecular flexibility index (Phi) is 11.0. The Balaban J connectivity index is 1.40. The zero-order valence-corrected chi connectivity index (χ0v) is 40.4. The Morgan fingerprint density at radius 3 is 0.922 bits per heavy atom. The Labute approximate surface area is 376 Å². The third-order valence-corrected chi connectivity index (χ3v) is 16.7. The largest absolute Gasteiger partial charge is 0.497 e. The lowest BCUT2D eigenvalue weighted by Gasteiger charge is -2.29.